The largest absolute Gasteiger partial charge is 0.391 e. The number of aryl methyl sites for hydroxylation is 1. The number of aliphatic hydroxyl groups excluding tert-OH is 1. The quantitative estimate of drug-likeness (QED) is 0.863. The van der Waals surface area contributed by atoms with Gasteiger partial charge in [-0.15, -0.1) is 0 Å². The van der Waals surface area contributed by atoms with E-state index in [1.807, 2.05) is 0 Å². The molecular formula is C12H16BrNO3S. The Bertz CT molecular complexity index is 540. The summed E-state index contributed by atoms with van der Waals surface area (Å²) in [5.41, 5.74) is 0.687. The first kappa shape index (κ1) is 14.0. The van der Waals surface area contributed by atoms with E-state index in [2.05, 4.69) is 20.7 Å². The van der Waals surface area contributed by atoms with Crippen molar-refractivity contribution in [1.82, 2.24) is 4.72 Å². The van der Waals surface area contributed by atoms with E-state index < -0.39 is 16.1 Å². The Hall–Kier alpha value is -0.430. The summed E-state index contributed by atoms with van der Waals surface area (Å²) < 4.78 is 27.4. The Morgan fingerprint density at radius 3 is 2.78 bits per heavy atom. The molecule has 1 aromatic carbocycles. The zero-order chi connectivity index (χ0) is 13.3. The van der Waals surface area contributed by atoms with Crippen LogP contribution in [0.15, 0.2) is 27.6 Å². The summed E-state index contributed by atoms with van der Waals surface area (Å²) in [5.74, 6) is 0.260. The van der Waals surface area contributed by atoms with Crippen LogP contribution < -0.4 is 4.72 Å². The molecule has 0 spiro atoms. The predicted octanol–water partition coefficient (Wildman–Crippen LogP) is 1.81. The van der Waals surface area contributed by atoms with E-state index in [1.54, 1.807) is 25.1 Å². The fraction of sp³-hybridized carbons (Fsp3) is 0.500. The van der Waals surface area contributed by atoms with Crippen LogP contribution in [0.1, 0.15) is 18.4 Å². The monoisotopic (exact) mass is 333 g/mol. The summed E-state index contributed by atoms with van der Waals surface area (Å²) >= 11 is 3.26. The smallest absolute Gasteiger partial charge is 0.240 e. The van der Waals surface area contributed by atoms with Gasteiger partial charge in [0.25, 0.3) is 0 Å². The molecule has 0 heterocycles. The lowest BCUT2D eigenvalue weighted by atomic mass is 10.2. The standard InChI is InChI=1S/C12H16BrNO3S/c1-8-2-5-10(13)6-12(8)18(16,17)14-7-11(15)9-3-4-9/h2,5-6,9,11,14-15H,3-4,7H2,1H3. The first-order chi connectivity index (χ1) is 8.40. The van der Waals surface area contributed by atoms with Gasteiger partial charge in [-0.05, 0) is 43.4 Å². The van der Waals surface area contributed by atoms with E-state index in [4.69, 9.17) is 0 Å². The molecule has 0 amide bonds. The molecule has 18 heavy (non-hydrogen) atoms. The van der Waals surface area contributed by atoms with Gasteiger partial charge in [0, 0.05) is 11.0 Å². The summed E-state index contributed by atoms with van der Waals surface area (Å²) in [6, 6.07) is 5.12. The lowest BCUT2D eigenvalue weighted by molar-refractivity contribution is 0.155. The van der Waals surface area contributed by atoms with Gasteiger partial charge in [-0.3, -0.25) is 0 Å². The maximum Gasteiger partial charge on any atom is 0.240 e. The van der Waals surface area contributed by atoms with E-state index in [1.165, 1.54) is 0 Å². The fourth-order valence-electron chi connectivity index (χ4n) is 1.78. The Labute approximate surface area is 116 Å². The van der Waals surface area contributed by atoms with Crippen molar-refractivity contribution in [2.24, 2.45) is 5.92 Å². The van der Waals surface area contributed by atoms with Crippen LogP contribution in [0.3, 0.4) is 0 Å². The molecule has 6 heteroatoms. The minimum Gasteiger partial charge on any atom is -0.391 e. The van der Waals surface area contributed by atoms with Crippen LogP contribution in [-0.4, -0.2) is 26.2 Å². The molecule has 1 atom stereocenters. The Kier molecular flexibility index (Phi) is 4.11. The van der Waals surface area contributed by atoms with Gasteiger partial charge in [0.05, 0.1) is 11.0 Å². The van der Waals surface area contributed by atoms with Gasteiger partial charge in [-0.1, -0.05) is 22.0 Å². The van der Waals surface area contributed by atoms with E-state index >= 15 is 0 Å². The summed E-state index contributed by atoms with van der Waals surface area (Å²) in [4.78, 5) is 0.250. The van der Waals surface area contributed by atoms with E-state index in [9.17, 15) is 13.5 Å². The van der Waals surface area contributed by atoms with Crippen LogP contribution in [0, 0.1) is 12.8 Å². The molecule has 0 aliphatic heterocycles. The SMILES string of the molecule is Cc1ccc(Br)cc1S(=O)(=O)NCC(O)C1CC1. The molecule has 0 saturated heterocycles. The first-order valence-electron chi connectivity index (χ1n) is 5.84. The normalized spacial score (nSPS) is 17.7. The molecular weight excluding hydrogens is 318 g/mol. The molecule has 1 unspecified atom stereocenters. The van der Waals surface area contributed by atoms with Crippen LogP contribution >= 0.6 is 15.9 Å². The van der Waals surface area contributed by atoms with Crippen molar-refractivity contribution in [2.45, 2.75) is 30.8 Å². The Balaban J connectivity index is 2.11. The summed E-state index contributed by atoms with van der Waals surface area (Å²) in [6.45, 7) is 1.83. The third kappa shape index (κ3) is 3.32. The molecule has 0 radical (unpaired) electrons. The molecule has 1 aliphatic carbocycles. The number of benzene rings is 1. The zero-order valence-electron chi connectivity index (χ0n) is 10.1. The molecule has 1 fully saturated rings. The highest BCUT2D eigenvalue weighted by molar-refractivity contribution is 9.10. The second-order valence-electron chi connectivity index (χ2n) is 4.67. The summed E-state index contributed by atoms with van der Waals surface area (Å²) in [7, 11) is -3.55. The number of hydrogen-bond acceptors (Lipinski definition) is 3. The van der Waals surface area contributed by atoms with Crippen molar-refractivity contribution < 1.29 is 13.5 Å². The lowest BCUT2D eigenvalue weighted by Gasteiger charge is -2.13. The van der Waals surface area contributed by atoms with Crippen LogP contribution in [0.2, 0.25) is 0 Å². The van der Waals surface area contributed by atoms with Gasteiger partial charge in [0.15, 0.2) is 0 Å². The van der Waals surface area contributed by atoms with Crippen molar-refractivity contribution in [1.29, 1.82) is 0 Å². The fourth-order valence-corrected chi connectivity index (χ4v) is 3.62. The molecule has 100 valence electrons. The van der Waals surface area contributed by atoms with Crippen molar-refractivity contribution in [3.8, 4) is 0 Å². The molecule has 1 aromatic rings. The highest BCUT2D eigenvalue weighted by Gasteiger charge is 2.30. The van der Waals surface area contributed by atoms with E-state index in [0.29, 0.717) is 5.56 Å². The average Bonchev–Trinajstić information content (AvgIpc) is 3.13. The number of rotatable bonds is 5. The summed E-state index contributed by atoms with van der Waals surface area (Å²) in [5, 5.41) is 9.69. The lowest BCUT2D eigenvalue weighted by Crippen LogP contribution is -2.33. The topological polar surface area (TPSA) is 66.4 Å². The minimum atomic E-state index is -3.55. The molecule has 0 aromatic heterocycles. The molecule has 0 bridgehead atoms. The van der Waals surface area contributed by atoms with E-state index in [-0.39, 0.29) is 17.4 Å². The number of halogens is 1. The second-order valence-corrected chi connectivity index (χ2v) is 7.32. The average molecular weight is 334 g/mol. The van der Waals surface area contributed by atoms with Gasteiger partial charge < -0.3 is 5.11 Å². The Morgan fingerprint density at radius 1 is 1.50 bits per heavy atom. The minimum absolute atomic E-state index is 0.0823. The Morgan fingerprint density at radius 2 is 2.17 bits per heavy atom. The van der Waals surface area contributed by atoms with Crippen molar-refractivity contribution in [3.05, 3.63) is 28.2 Å². The predicted molar refractivity (Wildman–Crippen MR) is 72.8 cm³/mol. The third-order valence-electron chi connectivity index (χ3n) is 3.09. The molecule has 1 aliphatic rings. The van der Waals surface area contributed by atoms with Gasteiger partial charge in [-0.25, -0.2) is 13.1 Å². The number of nitrogens with one attached hydrogen (secondary N) is 1. The first-order valence-corrected chi connectivity index (χ1v) is 8.11. The van der Waals surface area contributed by atoms with Crippen LogP contribution in [0.25, 0.3) is 0 Å². The number of hydrogen-bond donors (Lipinski definition) is 2. The van der Waals surface area contributed by atoms with Crippen molar-refractivity contribution in [2.75, 3.05) is 6.54 Å². The molecule has 2 N–H and O–H groups in total. The van der Waals surface area contributed by atoms with Gasteiger partial charge >= 0.3 is 0 Å². The van der Waals surface area contributed by atoms with Crippen molar-refractivity contribution in [3.63, 3.8) is 0 Å². The maximum atomic E-state index is 12.1. The summed E-state index contributed by atoms with van der Waals surface area (Å²) in [6.07, 6.45) is 1.39. The van der Waals surface area contributed by atoms with Crippen LogP contribution in [0.5, 0.6) is 0 Å². The number of sulfonamides is 1. The second kappa shape index (κ2) is 5.28. The van der Waals surface area contributed by atoms with Gasteiger partial charge in [0.2, 0.25) is 10.0 Å². The molecule has 1 saturated carbocycles. The highest BCUT2D eigenvalue weighted by Crippen LogP contribution is 2.32. The van der Waals surface area contributed by atoms with Gasteiger partial charge in [-0.2, -0.15) is 0 Å². The number of aliphatic hydroxyl groups is 1. The van der Waals surface area contributed by atoms with Crippen LogP contribution in [0.4, 0.5) is 0 Å². The van der Waals surface area contributed by atoms with E-state index in [0.717, 1.165) is 17.3 Å². The maximum absolute atomic E-state index is 12.1. The zero-order valence-corrected chi connectivity index (χ0v) is 12.5. The van der Waals surface area contributed by atoms with Gasteiger partial charge in [0.1, 0.15) is 0 Å². The van der Waals surface area contributed by atoms with Crippen LogP contribution in [-0.2, 0) is 10.0 Å². The highest BCUT2D eigenvalue weighted by atomic mass is 79.9. The molecule has 2 rings (SSSR count). The molecule has 4 nitrogen and oxygen atoms in total. The third-order valence-corrected chi connectivity index (χ3v) is 5.15. The van der Waals surface area contributed by atoms with Crippen molar-refractivity contribution >= 4 is 26.0 Å².